The molecule has 1 aliphatic rings. The topological polar surface area (TPSA) is 27.7 Å². The van der Waals surface area contributed by atoms with E-state index in [1.54, 1.807) is 0 Å². The van der Waals surface area contributed by atoms with Gasteiger partial charge >= 0.3 is 6.18 Å². The highest BCUT2D eigenvalue weighted by molar-refractivity contribution is 9.10. The van der Waals surface area contributed by atoms with Crippen molar-refractivity contribution in [2.24, 2.45) is 5.92 Å². The molecule has 126 valence electrons. The molecule has 0 N–H and O–H groups in total. The Morgan fingerprint density at radius 2 is 2.00 bits per heavy atom. The lowest BCUT2D eigenvalue weighted by molar-refractivity contribution is -0.137. The maximum absolute atomic E-state index is 12.9. The van der Waals surface area contributed by atoms with E-state index < -0.39 is 11.7 Å². The van der Waals surface area contributed by atoms with Crippen LogP contribution in [0, 0.1) is 17.8 Å². The Kier molecular flexibility index (Phi) is 6.33. The first-order valence-electron chi connectivity index (χ1n) is 7.03. The number of hydrogen-bond donors (Lipinski definition) is 0. The van der Waals surface area contributed by atoms with E-state index >= 15 is 0 Å². The first-order valence-corrected chi connectivity index (χ1v) is 7.83. The zero-order valence-corrected chi connectivity index (χ0v) is 14.1. The maximum atomic E-state index is 12.9. The van der Waals surface area contributed by atoms with E-state index in [1.807, 2.05) is 0 Å². The van der Waals surface area contributed by atoms with Crippen molar-refractivity contribution in [3.8, 4) is 17.6 Å². The standard InChI is InChI=1S/C16H16BrF3O3/c1-21-10-23-15-9-12(16(18,19)20)8-14(17)13(15)3-2-11-4-6-22-7-5-11/h8-9,11H,4-7,10H2,1H3. The van der Waals surface area contributed by atoms with Crippen LogP contribution in [0.1, 0.15) is 24.0 Å². The van der Waals surface area contributed by atoms with Crippen LogP contribution in [-0.4, -0.2) is 27.1 Å². The van der Waals surface area contributed by atoms with Crippen LogP contribution in [0.5, 0.6) is 5.75 Å². The van der Waals surface area contributed by atoms with Crippen LogP contribution < -0.4 is 4.74 Å². The molecule has 1 saturated heterocycles. The summed E-state index contributed by atoms with van der Waals surface area (Å²) in [5.74, 6) is 6.25. The van der Waals surface area contributed by atoms with Crippen LogP contribution in [-0.2, 0) is 15.7 Å². The highest BCUT2D eigenvalue weighted by Crippen LogP contribution is 2.37. The van der Waals surface area contributed by atoms with Crippen molar-refractivity contribution in [3.05, 3.63) is 27.7 Å². The molecule has 2 rings (SSSR count). The third-order valence-corrected chi connectivity index (χ3v) is 3.96. The number of halogens is 4. The second-order valence-corrected chi connectivity index (χ2v) is 5.89. The van der Waals surface area contributed by atoms with Crippen LogP contribution in [0.2, 0.25) is 0 Å². The zero-order valence-electron chi connectivity index (χ0n) is 12.5. The number of rotatable bonds is 3. The largest absolute Gasteiger partial charge is 0.466 e. The first kappa shape index (κ1) is 18.1. The van der Waals surface area contributed by atoms with Crippen LogP contribution in [0.4, 0.5) is 13.2 Å². The molecule has 1 aliphatic heterocycles. The van der Waals surface area contributed by atoms with Crippen LogP contribution in [0.3, 0.4) is 0 Å². The summed E-state index contributed by atoms with van der Waals surface area (Å²) >= 11 is 3.16. The lowest BCUT2D eigenvalue weighted by Crippen LogP contribution is -2.14. The molecule has 1 fully saturated rings. The third kappa shape index (κ3) is 5.13. The molecule has 0 spiro atoms. The second-order valence-electron chi connectivity index (χ2n) is 5.04. The lowest BCUT2D eigenvalue weighted by Gasteiger charge is -2.17. The van der Waals surface area contributed by atoms with Gasteiger partial charge in [0.05, 0.1) is 11.1 Å². The van der Waals surface area contributed by atoms with E-state index in [9.17, 15) is 13.2 Å². The fraction of sp³-hybridized carbons (Fsp3) is 0.500. The van der Waals surface area contributed by atoms with Crippen molar-refractivity contribution in [3.63, 3.8) is 0 Å². The van der Waals surface area contributed by atoms with Gasteiger partial charge in [-0.3, -0.25) is 0 Å². The van der Waals surface area contributed by atoms with E-state index in [0.717, 1.165) is 25.0 Å². The average molecular weight is 393 g/mol. The first-order chi connectivity index (χ1) is 10.9. The predicted molar refractivity (Wildman–Crippen MR) is 82.1 cm³/mol. The zero-order chi connectivity index (χ0) is 16.9. The summed E-state index contributed by atoms with van der Waals surface area (Å²) in [7, 11) is 1.40. The molecular formula is C16H16BrF3O3. The van der Waals surface area contributed by atoms with Gasteiger partial charge in [-0.25, -0.2) is 0 Å². The van der Waals surface area contributed by atoms with Crippen molar-refractivity contribution in [1.29, 1.82) is 0 Å². The van der Waals surface area contributed by atoms with Gasteiger partial charge in [-0.15, -0.1) is 0 Å². The van der Waals surface area contributed by atoms with E-state index in [0.29, 0.717) is 18.8 Å². The van der Waals surface area contributed by atoms with E-state index in [2.05, 4.69) is 27.8 Å². The number of hydrogen-bond acceptors (Lipinski definition) is 3. The Balaban J connectivity index is 2.34. The van der Waals surface area contributed by atoms with Crippen molar-refractivity contribution in [2.45, 2.75) is 19.0 Å². The summed E-state index contributed by atoms with van der Waals surface area (Å²) in [5, 5.41) is 0. The van der Waals surface area contributed by atoms with Crippen molar-refractivity contribution >= 4 is 15.9 Å². The molecule has 0 aromatic heterocycles. The SMILES string of the molecule is COCOc1cc(C(F)(F)F)cc(Br)c1C#CC1CCOCC1. The molecule has 0 amide bonds. The molecule has 3 nitrogen and oxygen atoms in total. The molecule has 1 aromatic rings. The van der Waals surface area contributed by atoms with Gasteiger partial charge < -0.3 is 14.2 Å². The second kappa shape index (κ2) is 8.04. The average Bonchev–Trinajstić information content (AvgIpc) is 2.51. The molecule has 0 saturated carbocycles. The minimum absolute atomic E-state index is 0.0492. The number of alkyl halides is 3. The van der Waals surface area contributed by atoms with Gasteiger partial charge in [0.1, 0.15) is 5.75 Å². The van der Waals surface area contributed by atoms with Crippen LogP contribution in [0.25, 0.3) is 0 Å². The Morgan fingerprint density at radius 3 is 2.61 bits per heavy atom. The minimum atomic E-state index is -4.46. The quantitative estimate of drug-likeness (QED) is 0.569. The van der Waals surface area contributed by atoms with Gasteiger partial charge in [0.2, 0.25) is 0 Å². The molecule has 0 unspecified atom stereocenters. The van der Waals surface area contributed by atoms with Gasteiger partial charge in [-0.05, 0) is 40.9 Å². The van der Waals surface area contributed by atoms with Gasteiger partial charge in [0.15, 0.2) is 6.79 Å². The highest BCUT2D eigenvalue weighted by atomic mass is 79.9. The summed E-state index contributed by atoms with van der Waals surface area (Å²) in [5.41, 5.74) is -0.409. The van der Waals surface area contributed by atoms with Gasteiger partial charge in [-0.1, -0.05) is 11.8 Å². The Labute approximate surface area is 141 Å². The number of ether oxygens (including phenoxy) is 3. The summed E-state index contributed by atoms with van der Waals surface area (Å²) in [6.07, 6.45) is -2.82. The minimum Gasteiger partial charge on any atom is -0.466 e. The lowest BCUT2D eigenvalue weighted by atomic mass is 10.0. The number of benzene rings is 1. The van der Waals surface area contributed by atoms with Crippen molar-refractivity contribution in [1.82, 2.24) is 0 Å². The Morgan fingerprint density at radius 1 is 1.30 bits per heavy atom. The third-order valence-electron chi connectivity index (χ3n) is 3.34. The summed E-state index contributed by atoms with van der Waals surface area (Å²) < 4.78 is 54.3. The highest BCUT2D eigenvalue weighted by Gasteiger charge is 2.32. The van der Waals surface area contributed by atoms with Gasteiger partial charge in [0.25, 0.3) is 0 Å². The molecule has 0 bridgehead atoms. The molecule has 0 atom stereocenters. The molecule has 0 radical (unpaired) electrons. The Hall–Kier alpha value is -1.23. The summed E-state index contributed by atoms with van der Waals surface area (Å²) in [4.78, 5) is 0. The van der Waals surface area contributed by atoms with Crippen LogP contribution in [0.15, 0.2) is 16.6 Å². The van der Waals surface area contributed by atoms with Crippen molar-refractivity contribution in [2.75, 3.05) is 27.1 Å². The normalized spacial score (nSPS) is 15.9. The molecule has 7 heteroatoms. The summed E-state index contributed by atoms with van der Waals surface area (Å²) in [6.45, 7) is 1.15. The van der Waals surface area contributed by atoms with Crippen LogP contribution >= 0.6 is 15.9 Å². The monoisotopic (exact) mass is 392 g/mol. The molecule has 0 aliphatic carbocycles. The van der Waals surface area contributed by atoms with E-state index in [1.165, 1.54) is 7.11 Å². The van der Waals surface area contributed by atoms with Gasteiger partial charge in [-0.2, -0.15) is 13.2 Å². The Bertz CT molecular complexity index is 599. The van der Waals surface area contributed by atoms with Crippen molar-refractivity contribution < 1.29 is 27.4 Å². The molecule has 23 heavy (non-hydrogen) atoms. The van der Waals surface area contributed by atoms with E-state index in [4.69, 9.17) is 14.2 Å². The summed E-state index contributed by atoms with van der Waals surface area (Å²) in [6, 6.07) is 1.95. The number of methoxy groups -OCH3 is 1. The van der Waals surface area contributed by atoms with E-state index in [-0.39, 0.29) is 22.9 Å². The fourth-order valence-electron chi connectivity index (χ4n) is 2.12. The molecule has 1 heterocycles. The smallest absolute Gasteiger partial charge is 0.416 e. The fourth-order valence-corrected chi connectivity index (χ4v) is 2.66. The maximum Gasteiger partial charge on any atom is 0.416 e. The molecular weight excluding hydrogens is 377 g/mol. The molecule has 1 aromatic carbocycles. The predicted octanol–water partition coefficient (Wildman–Crippen LogP) is 4.23. The van der Waals surface area contributed by atoms with Gasteiger partial charge in [0, 0.05) is 30.7 Å².